The highest BCUT2D eigenvalue weighted by molar-refractivity contribution is 9.11. The number of carbonyl (C=O) groups is 1. The van der Waals surface area contributed by atoms with Crippen LogP contribution < -0.4 is 11.1 Å². The Labute approximate surface area is 133 Å². The van der Waals surface area contributed by atoms with E-state index in [9.17, 15) is 4.79 Å². The van der Waals surface area contributed by atoms with Crippen molar-refractivity contribution in [3.05, 3.63) is 50.9 Å². The fourth-order valence-electron chi connectivity index (χ4n) is 1.69. The number of carbonyl (C=O) groups excluding carboxylic acids is 1. The van der Waals surface area contributed by atoms with E-state index in [2.05, 4.69) is 37.2 Å². The van der Waals surface area contributed by atoms with Crippen molar-refractivity contribution in [3.8, 4) is 0 Å². The zero-order valence-corrected chi connectivity index (χ0v) is 13.8. The number of hydrogen-bond acceptors (Lipinski definition) is 4. The van der Waals surface area contributed by atoms with Crippen LogP contribution in [-0.4, -0.2) is 13.1 Å². The molecule has 0 aliphatic heterocycles. The van der Waals surface area contributed by atoms with Gasteiger partial charge in [-0.2, -0.15) is 0 Å². The van der Waals surface area contributed by atoms with Crippen molar-refractivity contribution in [2.75, 3.05) is 18.2 Å². The van der Waals surface area contributed by atoms with Crippen LogP contribution in [0.4, 0.5) is 17.1 Å². The maximum absolute atomic E-state index is 11.8. The molecule has 0 aliphatic rings. The number of nitrogens with two attached hydrogens (primary N) is 1. The summed E-state index contributed by atoms with van der Waals surface area (Å²) in [6, 6.07) is 10.8. The molecule has 0 bridgehead atoms. The van der Waals surface area contributed by atoms with Crippen molar-refractivity contribution in [3.63, 3.8) is 0 Å². The zero-order valence-electron chi connectivity index (χ0n) is 10.6. The molecule has 0 amide bonds. The second-order valence-corrected chi connectivity index (χ2v) is 5.82. The molecule has 0 fully saturated rings. The third kappa shape index (κ3) is 3.32. The van der Waals surface area contributed by atoms with Crippen LogP contribution >= 0.6 is 31.9 Å². The van der Waals surface area contributed by atoms with Crippen LogP contribution in [-0.2, 0) is 4.74 Å². The molecule has 3 N–H and O–H groups in total. The van der Waals surface area contributed by atoms with E-state index in [-0.39, 0.29) is 0 Å². The number of rotatable bonds is 3. The number of nitrogen functional groups attached to an aromatic ring is 1. The highest BCUT2D eigenvalue weighted by Crippen LogP contribution is 2.31. The molecule has 0 atom stereocenters. The maximum atomic E-state index is 11.8. The monoisotopic (exact) mass is 398 g/mol. The molecule has 2 aromatic rings. The molecule has 0 saturated carbocycles. The number of halogens is 2. The Morgan fingerprint density at radius 1 is 1.15 bits per heavy atom. The van der Waals surface area contributed by atoms with Crippen molar-refractivity contribution < 1.29 is 9.53 Å². The lowest BCUT2D eigenvalue weighted by Gasteiger charge is -2.13. The summed E-state index contributed by atoms with van der Waals surface area (Å²) in [5, 5.41) is 3.19. The number of ether oxygens (including phenoxy) is 1. The van der Waals surface area contributed by atoms with E-state index in [1.54, 1.807) is 18.2 Å². The van der Waals surface area contributed by atoms with Crippen molar-refractivity contribution in [2.45, 2.75) is 0 Å². The number of nitrogens with one attached hydrogen (secondary N) is 1. The average molecular weight is 400 g/mol. The molecule has 0 radical (unpaired) electrons. The van der Waals surface area contributed by atoms with Gasteiger partial charge in [-0.1, -0.05) is 15.9 Å². The van der Waals surface area contributed by atoms with Crippen LogP contribution in [0.15, 0.2) is 45.3 Å². The fourth-order valence-corrected chi connectivity index (χ4v) is 2.39. The molecule has 0 aliphatic carbocycles. The van der Waals surface area contributed by atoms with Gasteiger partial charge in [0, 0.05) is 14.6 Å². The minimum absolute atomic E-state index is 0.388. The number of esters is 1. The van der Waals surface area contributed by atoms with Gasteiger partial charge in [-0.25, -0.2) is 4.79 Å². The predicted molar refractivity (Wildman–Crippen MR) is 87.3 cm³/mol. The van der Waals surface area contributed by atoms with Crippen molar-refractivity contribution >= 4 is 54.9 Å². The van der Waals surface area contributed by atoms with E-state index in [0.717, 1.165) is 14.6 Å². The summed E-state index contributed by atoms with van der Waals surface area (Å²) in [6.45, 7) is 0. The molecule has 104 valence electrons. The van der Waals surface area contributed by atoms with E-state index in [1.165, 1.54) is 7.11 Å². The molecule has 20 heavy (non-hydrogen) atoms. The van der Waals surface area contributed by atoms with Gasteiger partial charge in [0.1, 0.15) is 0 Å². The van der Waals surface area contributed by atoms with Crippen molar-refractivity contribution in [2.24, 2.45) is 0 Å². The van der Waals surface area contributed by atoms with E-state index < -0.39 is 5.97 Å². The Hall–Kier alpha value is -1.53. The molecule has 0 unspecified atom stereocenters. The topological polar surface area (TPSA) is 64.3 Å². The minimum atomic E-state index is -0.439. The summed E-state index contributed by atoms with van der Waals surface area (Å²) < 4.78 is 6.58. The highest BCUT2D eigenvalue weighted by Gasteiger charge is 2.13. The lowest BCUT2D eigenvalue weighted by atomic mass is 10.1. The number of methoxy groups -OCH3 is 1. The van der Waals surface area contributed by atoms with Gasteiger partial charge < -0.3 is 15.8 Å². The smallest absolute Gasteiger partial charge is 0.340 e. The zero-order chi connectivity index (χ0) is 14.7. The lowest BCUT2D eigenvalue weighted by Crippen LogP contribution is -2.06. The molecule has 2 aromatic carbocycles. The van der Waals surface area contributed by atoms with Gasteiger partial charge in [0.2, 0.25) is 0 Å². The second kappa shape index (κ2) is 6.28. The molecule has 0 saturated heterocycles. The van der Waals surface area contributed by atoms with Crippen LogP contribution in [0.25, 0.3) is 0 Å². The standard InChI is InChI=1S/C14H12Br2N2O2/c1-20-14(19)10-7-9(17)3-5-12(10)18-13-6-8(15)2-4-11(13)16/h2-7,18H,17H2,1H3. The number of benzene rings is 2. The van der Waals surface area contributed by atoms with Gasteiger partial charge in [-0.05, 0) is 52.3 Å². The normalized spacial score (nSPS) is 10.2. The third-order valence-electron chi connectivity index (χ3n) is 2.65. The van der Waals surface area contributed by atoms with Gasteiger partial charge >= 0.3 is 5.97 Å². The molecule has 4 nitrogen and oxygen atoms in total. The first-order valence-electron chi connectivity index (χ1n) is 5.71. The first kappa shape index (κ1) is 14.9. The SMILES string of the molecule is COC(=O)c1cc(N)ccc1Nc1cc(Br)ccc1Br. The van der Waals surface area contributed by atoms with Gasteiger partial charge in [0.25, 0.3) is 0 Å². The highest BCUT2D eigenvalue weighted by atomic mass is 79.9. The van der Waals surface area contributed by atoms with Gasteiger partial charge in [-0.15, -0.1) is 0 Å². The summed E-state index contributed by atoms with van der Waals surface area (Å²) in [5.41, 5.74) is 8.06. The first-order valence-corrected chi connectivity index (χ1v) is 7.30. The molecule has 0 spiro atoms. The number of anilines is 3. The molecular weight excluding hydrogens is 388 g/mol. The molecular formula is C14H12Br2N2O2. The molecule has 6 heteroatoms. The Bertz CT molecular complexity index is 660. The van der Waals surface area contributed by atoms with E-state index >= 15 is 0 Å². The predicted octanol–water partition coefficient (Wildman–Crippen LogP) is 4.32. The quantitative estimate of drug-likeness (QED) is 0.595. The van der Waals surface area contributed by atoms with Gasteiger partial charge in [-0.3, -0.25) is 0 Å². The first-order chi connectivity index (χ1) is 9.51. The van der Waals surface area contributed by atoms with Gasteiger partial charge in [0.15, 0.2) is 0 Å². The molecule has 0 heterocycles. The second-order valence-electron chi connectivity index (χ2n) is 4.05. The van der Waals surface area contributed by atoms with Crippen LogP contribution in [0.5, 0.6) is 0 Å². The number of hydrogen-bond donors (Lipinski definition) is 2. The van der Waals surface area contributed by atoms with Gasteiger partial charge in [0.05, 0.1) is 24.0 Å². The Kier molecular flexibility index (Phi) is 4.67. The van der Waals surface area contributed by atoms with Crippen molar-refractivity contribution in [1.82, 2.24) is 0 Å². The Balaban J connectivity index is 2.43. The average Bonchev–Trinajstić information content (AvgIpc) is 2.43. The lowest BCUT2D eigenvalue weighted by molar-refractivity contribution is 0.0602. The third-order valence-corrected chi connectivity index (χ3v) is 3.83. The summed E-state index contributed by atoms with van der Waals surface area (Å²) in [4.78, 5) is 11.8. The van der Waals surface area contributed by atoms with Crippen LogP contribution in [0.3, 0.4) is 0 Å². The maximum Gasteiger partial charge on any atom is 0.340 e. The largest absolute Gasteiger partial charge is 0.465 e. The van der Waals surface area contributed by atoms with Crippen LogP contribution in [0.1, 0.15) is 10.4 Å². The Morgan fingerprint density at radius 3 is 2.60 bits per heavy atom. The van der Waals surface area contributed by atoms with Crippen molar-refractivity contribution in [1.29, 1.82) is 0 Å². The fraction of sp³-hybridized carbons (Fsp3) is 0.0714. The van der Waals surface area contributed by atoms with Crippen LogP contribution in [0, 0.1) is 0 Å². The molecule has 0 aromatic heterocycles. The van der Waals surface area contributed by atoms with E-state index in [0.29, 0.717) is 16.9 Å². The Morgan fingerprint density at radius 2 is 1.90 bits per heavy atom. The van der Waals surface area contributed by atoms with E-state index in [4.69, 9.17) is 10.5 Å². The summed E-state index contributed by atoms with van der Waals surface area (Å²) in [5.74, 6) is -0.439. The van der Waals surface area contributed by atoms with E-state index in [1.807, 2.05) is 18.2 Å². The minimum Gasteiger partial charge on any atom is -0.465 e. The summed E-state index contributed by atoms with van der Waals surface area (Å²) in [7, 11) is 1.34. The van der Waals surface area contributed by atoms with Crippen LogP contribution in [0.2, 0.25) is 0 Å². The molecule has 2 rings (SSSR count). The summed E-state index contributed by atoms with van der Waals surface area (Å²) >= 11 is 6.87. The summed E-state index contributed by atoms with van der Waals surface area (Å²) in [6.07, 6.45) is 0.